The van der Waals surface area contributed by atoms with E-state index in [4.69, 9.17) is 8.48 Å². The van der Waals surface area contributed by atoms with Gasteiger partial charge in [-0.3, -0.25) is 0 Å². The van der Waals surface area contributed by atoms with Gasteiger partial charge in [-0.2, -0.15) is 12.6 Å². The summed E-state index contributed by atoms with van der Waals surface area (Å²) in [5.74, 6) is 0. The molecule has 26 valence electrons. The maximum Gasteiger partial charge on any atom is 0.0391 e. The highest BCUT2D eigenvalue weighted by Gasteiger charge is 1.56. The number of hydrogen-bond acceptors (Lipinski definition) is 2. The first kappa shape index (κ1) is 1.67. The van der Waals surface area contributed by atoms with Crippen LogP contribution < -0.4 is 5.73 Å². The zero-order chi connectivity index (χ0) is 5.21. The van der Waals surface area contributed by atoms with Crippen LogP contribution in [0.2, 0.25) is 0 Å². The maximum atomic E-state index is 6.59. The van der Waals surface area contributed by atoms with Crippen molar-refractivity contribution in [2.45, 2.75) is 0 Å². The van der Waals surface area contributed by atoms with Crippen molar-refractivity contribution < 1.29 is 2.74 Å². The molecule has 2 N–H and O–H groups in total. The van der Waals surface area contributed by atoms with Crippen molar-refractivity contribution in [2.75, 3.05) is 12.2 Å². The molecule has 4 heavy (non-hydrogen) atoms. The summed E-state index contributed by atoms with van der Waals surface area (Å²) >= 11 is 3.46. The molecule has 0 aliphatic heterocycles. The second kappa shape index (κ2) is 3.31. The van der Waals surface area contributed by atoms with Crippen molar-refractivity contribution in [3.63, 3.8) is 0 Å². The van der Waals surface area contributed by atoms with E-state index in [1.54, 1.807) is 0 Å². The Kier molecular flexibility index (Phi) is 1.39. The lowest BCUT2D eigenvalue weighted by Gasteiger charge is -1.69. The zero-order valence-electron chi connectivity index (χ0n) is 4.23. The molecule has 0 aliphatic carbocycles. The van der Waals surface area contributed by atoms with Gasteiger partial charge in [-0.25, -0.2) is 0 Å². The summed E-state index contributed by atoms with van der Waals surface area (Å²) in [5, 5.41) is 0. The Hall–Kier alpha value is 0.310. The molecule has 0 amide bonds. The fourth-order valence-electron chi connectivity index (χ4n) is 0. The highest BCUT2D eigenvalue weighted by atomic mass is 32.1. The normalized spacial score (nSPS) is 18.5. The molecular formula is C2H7NS. The third-order valence-corrected chi connectivity index (χ3v) is 0.274. The predicted octanol–water partition coefficient (Wildman–Crippen LogP) is -0.125. The monoisotopic (exact) mass is 79.0 g/mol. The molecule has 0 aromatic rings. The van der Waals surface area contributed by atoms with Crippen molar-refractivity contribution in [1.29, 1.82) is 0 Å². The fraction of sp³-hybridized carbons (Fsp3) is 1.00. The second-order valence-corrected chi connectivity index (χ2v) is 0.678. The van der Waals surface area contributed by atoms with E-state index in [2.05, 4.69) is 12.6 Å². The van der Waals surface area contributed by atoms with Gasteiger partial charge in [0.25, 0.3) is 0 Å². The summed E-state index contributed by atoms with van der Waals surface area (Å²) < 4.78 is 13.2. The van der Waals surface area contributed by atoms with Gasteiger partial charge in [-0.05, 0) is 0 Å². The average Bonchev–Trinajstić information content (AvgIpc) is 1.35. The van der Waals surface area contributed by atoms with Crippen molar-refractivity contribution in [3.8, 4) is 0 Å². The zero-order valence-corrected chi connectivity index (χ0v) is 3.13. The Morgan fingerprint density at radius 1 is 2.25 bits per heavy atom. The van der Waals surface area contributed by atoms with E-state index in [1.807, 2.05) is 0 Å². The number of nitrogens with two attached hydrogens (primary N) is 1. The summed E-state index contributed by atoms with van der Waals surface area (Å²) in [5.41, 5.74) is 3.37. The first-order valence-electron chi connectivity index (χ1n) is 1.99. The summed E-state index contributed by atoms with van der Waals surface area (Å²) in [7, 11) is 0. The molecule has 0 aromatic heterocycles. The van der Waals surface area contributed by atoms with Crippen LogP contribution in [0.5, 0.6) is 0 Å². The van der Waals surface area contributed by atoms with Gasteiger partial charge < -0.3 is 5.73 Å². The van der Waals surface area contributed by atoms with E-state index in [-0.39, 0.29) is 6.54 Å². The number of rotatable bonds is 1. The van der Waals surface area contributed by atoms with Gasteiger partial charge in [0, 0.05) is 15.0 Å². The minimum absolute atomic E-state index is 0.0316. The van der Waals surface area contributed by atoms with Crippen LogP contribution in [0.3, 0.4) is 0 Å². The van der Waals surface area contributed by atoms with Crippen molar-refractivity contribution in [3.05, 3.63) is 0 Å². The molecule has 0 atom stereocenters. The quantitative estimate of drug-likeness (QED) is 0.421. The first-order valence-corrected chi connectivity index (χ1v) is 1.43. The van der Waals surface area contributed by atoms with E-state index in [0.29, 0.717) is 0 Å². The molecule has 0 aromatic carbocycles. The van der Waals surface area contributed by atoms with Crippen LogP contribution in [-0.2, 0) is 0 Å². The van der Waals surface area contributed by atoms with Crippen molar-refractivity contribution in [1.82, 2.24) is 0 Å². The summed E-state index contributed by atoms with van der Waals surface area (Å²) in [6, 6.07) is 0. The standard InChI is InChI=1S/C2H7NS/c3-1-2-4/h4H,1-3H2/i2D2. The van der Waals surface area contributed by atoms with Gasteiger partial charge >= 0.3 is 0 Å². The second-order valence-electron chi connectivity index (χ2n) is 0.362. The molecular weight excluding hydrogens is 70.1 g/mol. The van der Waals surface area contributed by atoms with Crippen LogP contribution in [0, 0.1) is 0 Å². The third-order valence-electron chi connectivity index (χ3n) is 0.0913. The Balaban J connectivity index is 3.17. The summed E-state index contributed by atoms with van der Waals surface area (Å²) in [6.45, 7) is -0.0316. The minimum Gasteiger partial charge on any atom is -0.330 e. The summed E-state index contributed by atoms with van der Waals surface area (Å²) in [6.07, 6.45) is 0. The van der Waals surface area contributed by atoms with Gasteiger partial charge in [0.05, 0.1) is 0 Å². The smallest absolute Gasteiger partial charge is 0.0391 e. The largest absolute Gasteiger partial charge is 0.330 e. The average molecular weight is 79.2 g/mol. The van der Waals surface area contributed by atoms with Crippen LogP contribution in [0.1, 0.15) is 2.74 Å². The van der Waals surface area contributed by atoms with Gasteiger partial charge in [-0.1, -0.05) is 0 Å². The topological polar surface area (TPSA) is 26.0 Å². The molecule has 0 spiro atoms. The molecule has 0 bridgehead atoms. The van der Waals surface area contributed by atoms with Gasteiger partial charge in [0.1, 0.15) is 0 Å². The van der Waals surface area contributed by atoms with Gasteiger partial charge in [-0.15, -0.1) is 0 Å². The van der Waals surface area contributed by atoms with Crippen molar-refractivity contribution in [2.24, 2.45) is 5.73 Å². The Bertz CT molecular complexity index is 41.3. The highest BCUT2D eigenvalue weighted by molar-refractivity contribution is 7.80. The molecule has 0 aliphatic rings. The molecule has 1 nitrogen and oxygen atoms in total. The van der Waals surface area contributed by atoms with Crippen LogP contribution in [0.4, 0.5) is 0 Å². The maximum absolute atomic E-state index is 6.59. The van der Waals surface area contributed by atoms with Crippen LogP contribution in [0.25, 0.3) is 0 Å². The molecule has 0 saturated carbocycles. The van der Waals surface area contributed by atoms with Crippen molar-refractivity contribution >= 4 is 12.6 Å². The van der Waals surface area contributed by atoms with E-state index in [9.17, 15) is 0 Å². The molecule has 0 fully saturated rings. The fourth-order valence-corrected chi connectivity index (χ4v) is 0. The Morgan fingerprint density at radius 2 is 2.50 bits per heavy atom. The molecule has 0 heterocycles. The molecule has 2 heteroatoms. The van der Waals surface area contributed by atoms with Crippen LogP contribution >= 0.6 is 12.6 Å². The van der Waals surface area contributed by atoms with Crippen LogP contribution in [0.15, 0.2) is 0 Å². The predicted molar refractivity (Wildman–Crippen MR) is 22.9 cm³/mol. The van der Waals surface area contributed by atoms with E-state index >= 15 is 0 Å². The number of thiol groups is 1. The van der Waals surface area contributed by atoms with E-state index in [1.165, 1.54) is 0 Å². The van der Waals surface area contributed by atoms with Gasteiger partial charge in [0.2, 0.25) is 0 Å². The first-order chi connectivity index (χ1) is 2.56. The Morgan fingerprint density at radius 3 is 2.50 bits per heavy atom. The Labute approximate surface area is 34.4 Å². The highest BCUT2D eigenvalue weighted by Crippen LogP contribution is 1.58. The molecule has 0 saturated heterocycles. The molecule has 0 unspecified atom stereocenters. The molecule has 0 rings (SSSR count). The van der Waals surface area contributed by atoms with E-state index in [0.717, 1.165) is 0 Å². The van der Waals surface area contributed by atoms with E-state index < -0.39 is 5.70 Å². The number of hydrogen-bond donors (Lipinski definition) is 2. The SMILES string of the molecule is [2H]C([2H])(S)CN. The van der Waals surface area contributed by atoms with Crippen LogP contribution in [-0.4, -0.2) is 12.2 Å². The third kappa shape index (κ3) is 2.31. The van der Waals surface area contributed by atoms with Gasteiger partial charge in [0.15, 0.2) is 0 Å². The lowest BCUT2D eigenvalue weighted by molar-refractivity contribution is 1.16. The summed E-state index contributed by atoms with van der Waals surface area (Å²) in [4.78, 5) is 0. The lowest BCUT2D eigenvalue weighted by Crippen LogP contribution is -1.97. The minimum atomic E-state index is -1.49. The molecule has 0 radical (unpaired) electrons. The lowest BCUT2D eigenvalue weighted by atomic mass is 10.8.